The first-order valence-corrected chi connectivity index (χ1v) is 14.7. The monoisotopic (exact) mass is 575 g/mol. The molecule has 0 fully saturated rings. The van der Waals surface area contributed by atoms with Crippen LogP contribution >= 0.6 is 0 Å². The van der Waals surface area contributed by atoms with Crippen LogP contribution in [0.1, 0.15) is 0 Å². The largest absolute Gasteiger partial charge is 0.309 e. The first kappa shape index (κ1) is 26.3. The summed E-state index contributed by atoms with van der Waals surface area (Å²) in [5.41, 5.74) is 8.81. The number of hydrogen-bond acceptors (Lipinski definition) is 3. The molecule has 8 rings (SSSR count). The van der Waals surface area contributed by atoms with Crippen molar-refractivity contribution in [2.45, 2.75) is 0 Å². The molecule has 2 aromatic heterocycles. The van der Waals surface area contributed by atoms with Gasteiger partial charge in [0.05, 0.1) is 17.6 Å². The van der Waals surface area contributed by atoms with Crippen molar-refractivity contribution < 1.29 is 0 Å². The van der Waals surface area contributed by atoms with E-state index < -0.39 is 0 Å². The summed E-state index contributed by atoms with van der Waals surface area (Å²) in [5, 5.41) is 2.04. The molecule has 210 valence electrons. The highest BCUT2D eigenvalue weighted by molar-refractivity contribution is 6.11. The maximum atomic E-state index is 7.68. The Kier molecular flexibility index (Phi) is 6.44. The maximum absolute atomic E-state index is 7.68. The van der Waals surface area contributed by atoms with Crippen molar-refractivity contribution in [1.82, 2.24) is 19.5 Å². The number of rotatable bonds is 5. The van der Waals surface area contributed by atoms with Crippen LogP contribution < -0.4 is 0 Å². The lowest BCUT2D eigenvalue weighted by Crippen LogP contribution is -2.00. The van der Waals surface area contributed by atoms with Gasteiger partial charge in [-0.15, -0.1) is 0 Å². The van der Waals surface area contributed by atoms with Crippen molar-refractivity contribution in [2.24, 2.45) is 0 Å². The van der Waals surface area contributed by atoms with Crippen LogP contribution in [0.5, 0.6) is 0 Å². The SMILES string of the molecule is [C-]#[N+]c1ccc2c(c1)c1cc(-c3nc(-c4ccccc4)nc(-c4ccccc4)n3)ccc1n2-c1ccc(-c2ccccc2)cc1. The van der Waals surface area contributed by atoms with Gasteiger partial charge in [0.2, 0.25) is 0 Å². The van der Waals surface area contributed by atoms with Crippen LogP contribution in [0.2, 0.25) is 0 Å². The molecule has 0 saturated carbocycles. The Hall–Kier alpha value is -6.38. The van der Waals surface area contributed by atoms with Gasteiger partial charge in [-0.25, -0.2) is 19.8 Å². The number of benzene rings is 6. The summed E-state index contributed by atoms with van der Waals surface area (Å²) in [4.78, 5) is 18.5. The predicted molar refractivity (Wildman–Crippen MR) is 182 cm³/mol. The average Bonchev–Trinajstić information content (AvgIpc) is 3.45. The first-order valence-electron chi connectivity index (χ1n) is 14.7. The van der Waals surface area contributed by atoms with Gasteiger partial charge in [-0.1, -0.05) is 109 Å². The molecule has 5 heteroatoms. The molecule has 2 heterocycles. The normalized spacial score (nSPS) is 11.1. The quantitative estimate of drug-likeness (QED) is 0.192. The number of aromatic nitrogens is 4. The molecule has 0 aliphatic heterocycles. The summed E-state index contributed by atoms with van der Waals surface area (Å²) >= 11 is 0. The van der Waals surface area contributed by atoms with Gasteiger partial charge in [-0.2, -0.15) is 0 Å². The summed E-state index contributed by atoms with van der Waals surface area (Å²) in [6.07, 6.45) is 0. The van der Waals surface area contributed by atoms with E-state index in [2.05, 4.69) is 76.1 Å². The fourth-order valence-corrected chi connectivity index (χ4v) is 5.87. The number of fused-ring (bicyclic) bond motifs is 3. The van der Waals surface area contributed by atoms with E-state index in [1.165, 1.54) is 5.56 Å². The van der Waals surface area contributed by atoms with E-state index in [1.807, 2.05) is 84.9 Å². The molecule has 6 aromatic carbocycles. The molecule has 0 spiro atoms. The molecule has 0 atom stereocenters. The minimum Gasteiger partial charge on any atom is -0.309 e. The third-order valence-electron chi connectivity index (χ3n) is 8.07. The van der Waals surface area contributed by atoms with Crippen molar-refractivity contribution in [3.63, 3.8) is 0 Å². The summed E-state index contributed by atoms with van der Waals surface area (Å²) in [5.74, 6) is 1.84. The molecule has 45 heavy (non-hydrogen) atoms. The van der Waals surface area contributed by atoms with Crippen molar-refractivity contribution in [3.8, 4) is 51.0 Å². The van der Waals surface area contributed by atoms with E-state index >= 15 is 0 Å². The van der Waals surface area contributed by atoms with Gasteiger partial charge in [0.1, 0.15) is 0 Å². The van der Waals surface area contributed by atoms with Crippen molar-refractivity contribution >= 4 is 27.5 Å². The Morgan fingerprint density at radius 1 is 0.422 bits per heavy atom. The topological polar surface area (TPSA) is 48.0 Å². The van der Waals surface area contributed by atoms with Crippen LogP contribution in [-0.2, 0) is 0 Å². The number of nitrogens with zero attached hydrogens (tertiary/aromatic N) is 5. The minimum absolute atomic E-state index is 0.596. The Bertz CT molecular complexity index is 2300. The lowest BCUT2D eigenvalue weighted by atomic mass is 10.1. The molecule has 0 amide bonds. The molecule has 0 N–H and O–H groups in total. The van der Waals surface area contributed by atoms with Crippen molar-refractivity contribution in [2.75, 3.05) is 0 Å². The third kappa shape index (κ3) is 4.81. The second kappa shape index (κ2) is 11.0. The Morgan fingerprint density at radius 2 is 0.867 bits per heavy atom. The van der Waals surface area contributed by atoms with Crippen LogP contribution in [0, 0.1) is 6.57 Å². The molecular formula is C40H25N5. The van der Waals surface area contributed by atoms with E-state index in [0.717, 1.165) is 49.7 Å². The average molecular weight is 576 g/mol. The summed E-state index contributed by atoms with van der Waals surface area (Å²) in [6, 6.07) is 51.2. The predicted octanol–water partition coefficient (Wildman–Crippen LogP) is 10.2. The fourth-order valence-electron chi connectivity index (χ4n) is 5.87. The van der Waals surface area contributed by atoms with Crippen LogP contribution in [0.4, 0.5) is 5.69 Å². The van der Waals surface area contributed by atoms with Gasteiger partial charge in [-0.05, 0) is 59.0 Å². The summed E-state index contributed by atoms with van der Waals surface area (Å²) < 4.78 is 2.26. The third-order valence-corrected chi connectivity index (χ3v) is 8.07. The second-order valence-electron chi connectivity index (χ2n) is 10.8. The Balaban J connectivity index is 1.32. The van der Waals surface area contributed by atoms with Gasteiger partial charge in [0.25, 0.3) is 0 Å². The molecule has 0 aliphatic rings. The lowest BCUT2D eigenvalue weighted by Gasteiger charge is -2.10. The molecule has 0 unspecified atom stereocenters. The highest BCUT2D eigenvalue weighted by Gasteiger charge is 2.17. The zero-order valence-electron chi connectivity index (χ0n) is 24.2. The molecule has 0 aliphatic carbocycles. The zero-order valence-corrected chi connectivity index (χ0v) is 24.2. The second-order valence-corrected chi connectivity index (χ2v) is 10.8. The Labute approximate surface area is 260 Å². The first-order chi connectivity index (χ1) is 22.2. The maximum Gasteiger partial charge on any atom is 0.188 e. The highest BCUT2D eigenvalue weighted by atomic mass is 15.0. The van der Waals surface area contributed by atoms with Gasteiger partial charge < -0.3 is 4.57 Å². The molecule has 0 saturated heterocycles. The van der Waals surface area contributed by atoms with Gasteiger partial charge in [0.15, 0.2) is 23.2 Å². The van der Waals surface area contributed by atoms with Crippen molar-refractivity contribution in [1.29, 1.82) is 0 Å². The standard InChI is InChI=1S/C40H25N5/c1-41-32-20-24-37-35(26-32)34-25-31(19-23-36(34)45(37)33-21-17-28(18-22-33)27-11-5-2-6-12-27)40-43-38(29-13-7-3-8-14-29)42-39(44-40)30-15-9-4-10-16-30/h2-26H. The smallest absolute Gasteiger partial charge is 0.188 e. The van der Waals surface area contributed by atoms with E-state index in [4.69, 9.17) is 21.5 Å². The molecular weight excluding hydrogens is 550 g/mol. The minimum atomic E-state index is 0.596. The van der Waals surface area contributed by atoms with E-state index in [0.29, 0.717) is 23.2 Å². The van der Waals surface area contributed by atoms with Crippen LogP contribution in [0.25, 0.3) is 77.6 Å². The molecule has 0 radical (unpaired) electrons. The van der Waals surface area contributed by atoms with Crippen molar-refractivity contribution in [3.05, 3.63) is 163 Å². The lowest BCUT2D eigenvalue weighted by molar-refractivity contribution is 1.07. The van der Waals surface area contributed by atoms with E-state index in [9.17, 15) is 0 Å². The summed E-state index contributed by atoms with van der Waals surface area (Å²) in [6.45, 7) is 7.68. The van der Waals surface area contributed by atoms with E-state index in [-0.39, 0.29) is 0 Å². The number of hydrogen-bond donors (Lipinski definition) is 0. The van der Waals surface area contributed by atoms with Gasteiger partial charge >= 0.3 is 0 Å². The van der Waals surface area contributed by atoms with Crippen LogP contribution in [0.3, 0.4) is 0 Å². The van der Waals surface area contributed by atoms with Crippen LogP contribution in [-0.4, -0.2) is 19.5 Å². The summed E-state index contributed by atoms with van der Waals surface area (Å²) in [7, 11) is 0. The fraction of sp³-hybridized carbons (Fsp3) is 0. The van der Waals surface area contributed by atoms with Gasteiger partial charge in [0, 0.05) is 27.8 Å². The highest BCUT2D eigenvalue weighted by Crippen LogP contribution is 2.37. The van der Waals surface area contributed by atoms with E-state index in [1.54, 1.807) is 0 Å². The van der Waals surface area contributed by atoms with Gasteiger partial charge in [-0.3, -0.25) is 0 Å². The zero-order chi connectivity index (χ0) is 30.2. The van der Waals surface area contributed by atoms with Crippen LogP contribution in [0.15, 0.2) is 152 Å². The molecule has 0 bridgehead atoms. The molecule has 8 aromatic rings. The Morgan fingerprint density at radius 3 is 1.42 bits per heavy atom. The molecule has 5 nitrogen and oxygen atoms in total.